The summed E-state index contributed by atoms with van der Waals surface area (Å²) in [6, 6.07) is 3.78. The number of anilines is 1. The highest BCUT2D eigenvalue weighted by atomic mass is 16.6. The molecule has 0 saturated heterocycles. The number of hydrogen-bond donors (Lipinski definition) is 2. The van der Waals surface area contributed by atoms with Gasteiger partial charge in [-0.15, -0.1) is 0 Å². The topological polar surface area (TPSA) is 118 Å². The van der Waals surface area contributed by atoms with Gasteiger partial charge in [0.2, 0.25) is 5.89 Å². The highest BCUT2D eigenvalue weighted by molar-refractivity contribution is 5.93. The molecule has 2 N–H and O–H groups in total. The third-order valence-corrected chi connectivity index (χ3v) is 2.54. The predicted molar refractivity (Wildman–Crippen MR) is 68.6 cm³/mol. The molecule has 0 saturated carbocycles. The number of nitro benzene ring substituents is 1. The van der Waals surface area contributed by atoms with E-state index >= 15 is 0 Å². The standard InChI is InChI=1S/C12H11N3O5/c1-7-5-14-11(20-7)6-13-8-2-3-10(15(18)19)9(4-8)12(16)17/h2-5,13H,6H2,1H3,(H,16,17). The van der Waals surface area contributed by atoms with Crippen molar-refractivity contribution in [3.63, 3.8) is 0 Å². The van der Waals surface area contributed by atoms with E-state index < -0.39 is 16.6 Å². The Bertz CT molecular complexity index is 665. The maximum Gasteiger partial charge on any atom is 0.342 e. The van der Waals surface area contributed by atoms with Gasteiger partial charge in [0.1, 0.15) is 11.3 Å². The number of rotatable bonds is 5. The van der Waals surface area contributed by atoms with E-state index in [1.165, 1.54) is 12.1 Å². The highest BCUT2D eigenvalue weighted by Crippen LogP contribution is 2.23. The van der Waals surface area contributed by atoms with Gasteiger partial charge in [-0.1, -0.05) is 0 Å². The van der Waals surface area contributed by atoms with Gasteiger partial charge in [-0.3, -0.25) is 10.1 Å². The fourth-order valence-corrected chi connectivity index (χ4v) is 1.64. The van der Waals surface area contributed by atoms with Crippen molar-refractivity contribution in [1.82, 2.24) is 4.98 Å². The summed E-state index contributed by atoms with van der Waals surface area (Å²) >= 11 is 0. The normalized spacial score (nSPS) is 10.2. The first-order chi connectivity index (χ1) is 9.47. The number of carboxylic acid groups (broad SMARTS) is 1. The molecule has 0 spiro atoms. The molecular formula is C12H11N3O5. The molecule has 20 heavy (non-hydrogen) atoms. The van der Waals surface area contributed by atoms with Crippen LogP contribution in [0.5, 0.6) is 0 Å². The number of aryl methyl sites for hydroxylation is 1. The minimum absolute atomic E-state index is 0.255. The fourth-order valence-electron chi connectivity index (χ4n) is 1.64. The molecule has 0 bridgehead atoms. The number of hydrogen-bond acceptors (Lipinski definition) is 6. The maximum atomic E-state index is 11.0. The summed E-state index contributed by atoms with van der Waals surface area (Å²) in [6.07, 6.45) is 1.57. The van der Waals surface area contributed by atoms with Crippen molar-refractivity contribution in [2.24, 2.45) is 0 Å². The van der Waals surface area contributed by atoms with Gasteiger partial charge in [0.25, 0.3) is 5.69 Å². The van der Waals surface area contributed by atoms with Gasteiger partial charge < -0.3 is 14.8 Å². The molecule has 1 heterocycles. The van der Waals surface area contributed by atoms with E-state index in [9.17, 15) is 14.9 Å². The molecule has 2 rings (SSSR count). The second-order valence-electron chi connectivity index (χ2n) is 4.01. The van der Waals surface area contributed by atoms with Crippen LogP contribution in [0.3, 0.4) is 0 Å². The van der Waals surface area contributed by atoms with Crippen LogP contribution >= 0.6 is 0 Å². The predicted octanol–water partition coefficient (Wildman–Crippen LogP) is 2.20. The van der Waals surface area contributed by atoms with Crippen molar-refractivity contribution >= 4 is 17.3 Å². The Balaban J connectivity index is 2.18. The number of carboxylic acids is 1. The number of aromatic nitrogens is 1. The number of nitrogens with one attached hydrogen (secondary N) is 1. The van der Waals surface area contributed by atoms with Crippen LogP contribution in [0.2, 0.25) is 0 Å². The Hall–Kier alpha value is -2.90. The molecule has 8 nitrogen and oxygen atoms in total. The molecule has 104 valence electrons. The van der Waals surface area contributed by atoms with E-state index in [0.29, 0.717) is 17.3 Å². The molecule has 1 aromatic carbocycles. The van der Waals surface area contributed by atoms with E-state index in [2.05, 4.69) is 10.3 Å². The Kier molecular flexibility index (Phi) is 3.65. The SMILES string of the molecule is Cc1cnc(CNc2ccc([N+](=O)[O-])c(C(=O)O)c2)o1. The first-order valence-corrected chi connectivity index (χ1v) is 5.64. The average molecular weight is 277 g/mol. The molecule has 0 aliphatic heterocycles. The van der Waals surface area contributed by atoms with Crippen LogP contribution < -0.4 is 5.32 Å². The molecule has 0 aliphatic carbocycles. The van der Waals surface area contributed by atoms with E-state index in [0.717, 1.165) is 6.07 Å². The van der Waals surface area contributed by atoms with Crippen LogP contribution in [0.1, 0.15) is 22.0 Å². The Morgan fingerprint density at radius 3 is 2.85 bits per heavy atom. The molecule has 0 aliphatic rings. The number of nitrogens with zero attached hydrogens (tertiary/aromatic N) is 2. The summed E-state index contributed by atoms with van der Waals surface area (Å²) in [7, 11) is 0. The molecular weight excluding hydrogens is 266 g/mol. The van der Waals surface area contributed by atoms with Crippen molar-refractivity contribution < 1.29 is 19.2 Å². The van der Waals surface area contributed by atoms with Crippen LogP contribution in [-0.2, 0) is 6.54 Å². The Morgan fingerprint density at radius 2 is 2.30 bits per heavy atom. The molecule has 8 heteroatoms. The third-order valence-electron chi connectivity index (χ3n) is 2.54. The lowest BCUT2D eigenvalue weighted by Crippen LogP contribution is -2.05. The van der Waals surface area contributed by atoms with Gasteiger partial charge in [-0.2, -0.15) is 0 Å². The minimum Gasteiger partial charge on any atom is -0.477 e. The maximum absolute atomic E-state index is 11.0. The lowest BCUT2D eigenvalue weighted by molar-refractivity contribution is -0.385. The quantitative estimate of drug-likeness (QED) is 0.635. The number of carbonyl (C=O) groups is 1. The summed E-state index contributed by atoms with van der Waals surface area (Å²) in [4.78, 5) is 25.0. The molecule has 2 aromatic rings. The van der Waals surface area contributed by atoms with E-state index in [-0.39, 0.29) is 12.1 Å². The van der Waals surface area contributed by atoms with Gasteiger partial charge in [0, 0.05) is 11.8 Å². The number of nitro groups is 1. The summed E-state index contributed by atoms with van der Waals surface area (Å²) in [5, 5.41) is 22.6. The molecule has 0 amide bonds. The lowest BCUT2D eigenvalue weighted by atomic mass is 10.1. The fraction of sp³-hybridized carbons (Fsp3) is 0.167. The first kappa shape index (κ1) is 13.5. The van der Waals surface area contributed by atoms with Crippen LogP contribution in [-0.4, -0.2) is 21.0 Å². The Morgan fingerprint density at radius 1 is 1.55 bits per heavy atom. The largest absolute Gasteiger partial charge is 0.477 e. The number of aromatic carboxylic acids is 1. The van der Waals surface area contributed by atoms with Gasteiger partial charge in [0.05, 0.1) is 17.7 Å². The number of benzene rings is 1. The number of oxazole rings is 1. The van der Waals surface area contributed by atoms with Crippen LogP contribution in [0.25, 0.3) is 0 Å². The van der Waals surface area contributed by atoms with Crippen LogP contribution in [0.15, 0.2) is 28.8 Å². The zero-order valence-corrected chi connectivity index (χ0v) is 10.5. The molecule has 0 atom stereocenters. The summed E-state index contributed by atoms with van der Waals surface area (Å²) in [5.74, 6) is -0.248. The van der Waals surface area contributed by atoms with Gasteiger partial charge >= 0.3 is 5.97 Å². The molecule has 0 fully saturated rings. The first-order valence-electron chi connectivity index (χ1n) is 5.64. The summed E-state index contributed by atoms with van der Waals surface area (Å²) in [5.41, 5.74) is -0.387. The van der Waals surface area contributed by atoms with E-state index in [1.807, 2.05) is 0 Å². The monoisotopic (exact) mass is 277 g/mol. The average Bonchev–Trinajstić information content (AvgIpc) is 2.81. The van der Waals surface area contributed by atoms with Crippen molar-refractivity contribution in [3.05, 3.63) is 51.7 Å². The van der Waals surface area contributed by atoms with Crippen molar-refractivity contribution in [3.8, 4) is 0 Å². The van der Waals surface area contributed by atoms with Crippen molar-refractivity contribution in [1.29, 1.82) is 0 Å². The minimum atomic E-state index is -1.35. The van der Waals surface area contributed by atoms with Gasteiger partial charge in [-0.05, 0) is 19.1 Å². The van der Waals surface area contributed by atoms with E-state index in [4.69, 9.17) is 9.52 Å². The summed E-state index contributed by atoms with van der Waals surface area (Å²) in [6.45, 7) is 2.01. The molecule has 0 unspecified atom stereocenters. The zero-order chi connectivity index (χ0) is 14.7. The molecule has 0 radical (unpaired) electrons. The van der Waals surface area contributed by atoms with Gasteiger partial charge in [0.15, 0.2) is 0 Å². The molecule has 1 aromatic heterocycles. The summed E-state index contributed by atoms with van der Waals surface area (Å²) < 4.78 is 5.25. The van der Waals surface area contributed by atoms with Crippen molar-refractivity contribution in [2.45, 2.75) is 13.5 Å². The Labute approximate surface area is 113 Å². The van der Waals surface area contributed by atoms with Crippen LogP contribution in [0, 0.1) is 17.0 Å². The highest BCUT2D eigenvalue weighted by Gasteiger charge is 2.19. The van der Waals surface area contributed by atoms with E-state index in [1.54, 1.807) is 13.1 Å². The smallest absolute Gasteiger partial charge is 0.342 e. The lowest BCUT2D eigenvalue weighted by Gasteiger charge is -2.05. The second-order valence-corrected chi connectivity index (χ2v) is 4.01. The second kappa shape index (κ2) is 5.39. The van der Waals surface area contributed by atoms with Crippen molar-refractivity contribution in [2.75, 3.05) is 5.32 Å². The van der Waals surface area contributed by atoms with Gasteiger partial charge in [-0.25, -0.2) is 9.78 Å². The zero-order valence-electron chi connectivity index (χ0n) is 10.5. The van der Waals surface area contributed by atoms with Crippen LogP contribution in [0.4, 0.5) is 11.4 Å². The third kappa shape index (κ3) is 2.91.